The first kappa shape index (κ1) is 21.0. The average Bonchev–Trinajstić information content (AvgIpc) is 3.05. The molecule has 2 rings (SSSR count). The SMILES string of the molecule is Cc1c(Cl)cccc1NC(=O)COC(=O)[C@@H]1CCCN1C(=O)OC(C)(C)C. The van der Waals surface area contributed by atoms with E-state index >= 15 is 0 Å². The van der Waals surface area contributed by atoms with Gasteiger partial charge in [0.25, 0.3) is 5.91 Å². The largest absolute Gasteiger partial charge is 0.454 e. The maximum absolute atomic E-state index is 12.3. The van der Waals surface area contributed by atoms with Gasteiger partial charge in [-0.3, -0.25) is 9.69 Å². The molecule has 1 heterocycles. The second-order valence-corrected chi connectivity index (χ2v) is 7.81. The Morgan fingerprint density at radius 1 is 1.30 bits per heavy atom. The Morgan fingerprint density at radius 3 is 2.67 bits per heavy atom. The standard InChI is InChI=1S/C19H25ClN2O5/c1-12-13(20)7-5-8-14(12)21-16(23)11-26-17(24)15-9-6-10-22(15)18(25)27-19(2,3)4/h5,7-8,15H,6,9-11H2,1-4H3,(H,21,23)/t15-/m0/s1. The number of nitrogens with zero attached hydrogens (tertiary/aromatic N) is 1. The van der Waals surface area contributed by atoms with Gasteiger partial charge in [-0.15, -0.1) is 0 Å². The molecular formula is C19H25ClN2O5. The van der Waals surface area contributed by atoms with E-state index in [9.17, 15) is 14.4 Å². The smallest absolute Gasteiger partial charge is 0.411 e. The van der Waals surface area contributed by atoms with Gasteiger partial charge in [0.1, 0.15) is 11.6 Å². The lowest BCUT2D eigenvalue weighted by molar-refractivity contribution is -0.151. The van der Waals surface area contributed by atoms with Gasteiger partial charge in [0.2, 0.25) is 0 Å². The van der Waals surface area contributed by atoms with E-state index in [1.54, 1.807) is 45.9 Å². The normalized spacial score (nSPS) is 16.8. The number of amides is 2. The summed E-state index contributed by atoms with van der Waals surface area (Å²) in [5.41, 5.74) is 0.633. The third-order valence-electron chi connectivity index (χ3n) is 4.04. The number of anilines is 1. The highest BCUT2D eigenvalue weighted by atomic mass is 35.5. The van der Waals surface area contributed by atoms with Gasteiger partial charge < -0.3 is 14.8 Å². The minimum atomic E-state index is -0.736. The molecule has 7 nitrogen and oxygen atoms in total. The Morgan fingerprint density at radius 2 is 2.00 bits per heavy atom. The zero-order valence-electron chi connectivity index (χ0n) is 16.0. The molecule has 1 atom stereocenters. The quantitative estimate of drug-likeness (QED) is 0.787. The molecule has 0 bridgehead atoms. The molecule has 1 N–H and O–H groups in total. The van der Waals surface area contributed by atoms with Crippen LogP contribution in [0.25, 0.3) is 0 Å². The fourth-order valence-corrected chi connectivity index (χ4v) is 2.89. The van der Waals surface area contributed by atoms with Crippen molar-refractivity contribution in [3.05, 3.63) is 28.8 Å². The molecule has 0 spiro atoms. The van der Waals surface area contributed by atoms with E-state index in [1.165, 1.54) is 4.90 Å². The molecular weight excluding hydrogens is 372 g/mol. The van der Waals surface area contributed by atoms with Crippen LogP contribution in [-0.4, -0.2) is 47.7 Å². The minimum Gasteiger partial charge on any atom is -0.454 e. The number of carbonyl (C=O) groups excluding carboxylic acids is 3. The van der Waals surface area contributed by atoms with Gasteiger partial charge >= 0.3 is 12.1 Å². The van der Waals surface area contributed by atoms with E-state index in [2.05, 4.69) is 5.32 Å². The first-order chi connectivity index (χ1) is 12.6. The third kappa shape index (κ3) is 5.85. The minimum absolute atomic E-state index is 0.419. The van der Waals surface area contributed by atoms with E-state index in [4.69, 9.17) is 21.1 Å². The Hall–Kier alpha value is -2.28. The number of halogens is 1. The first-order valence-corrected chi connectivity index (χ1v) is 9.17. The maximum Gasteiger partial charge on any atom is 0.411 e. The molecule has 0 radical (unpaired) electrons. The Labute approximate surface area is 163 Å². The van der Waals surface area contributed by atoms with E-state index in [1.807, 2.05) is 0 Å². The number of esters is 1. The lowest BCUT2D eigenvalue weighted by Crippen LogP contribution is -2.44. The van der Waals surface area contributed by atoms with Crippen molar-refractivity contribution in [3.8, 4) is 0 Å². The predicted molar refractivity (Wildman–Crippen MR) is 102 cm³/mol. The molecule has 1 fully saturated rings. The Kier molecular flexibility index (Phi) is 6.70. The van der Waals surface area contributed by atoms with Crippen LogP contribution in [0, 0.1) is 6.92 Å². The summed E-state index contributed by atoms with van der Waals surface area (Å²) < 4.78 is 10.4. The summed E-state index contributed by atoms with van der Waals surface area (Å²) in [7, 11) is 0. The van der Waals surface area contributed by atoms with E-state index in [0.717, 1.165) is 5.56 Å². The van der Waals surface area contributed by atoms with Crippen molar-refractivity contribution >= 4 is 35.3 Å². The van der Waals surface area contributed by atoms with Crippen LogP contribution in [-0.2, 0) is 19.1 Å². The van der Waals surface area contributed by atoms with Crippen LogP contribution in [0.2, 0.25) is 5.02 Å². The second-order valence-electron chi connectivity index (χ2n) is 7.40. The molecule has 0 unspecified atom stereocenters. The molecule has 0 aliphatic carbocycles. The number of hydrogen-bond donors (Lipinski definition) is 1. The summed E-state index contributed by atoms with van der Waals surface area (Å²) in [6.07, 6.45) is 0.598. The summed E-state index contributed by atoms with van der Waals surface area (Å²) >= 11 is 6.02. The van der Waals surface area contributed by atoms with Crippen molar-refractivity contribution in [2.75, 3.05) is 18.5 Å². The first-order valence-electron chi connectivity index (χ1n) is 8.79. The van der Waals surface area contributed by atoms with Gasteiger partial charge in [-0.2, -0.15) is 0 Å². The van der Waals surface area contributed by atoms with Gasteiger partial charge in [-0.1, -0.05) is 17.7 Å². The summed E-state index contributed by atoms with van der Waals surface area (Å²) in [5, 5.41) is 3.19. The van der Waals surface area contributed by atoms with Gasteiger partial charge in [0.15, 0.2) is 6.61 Å². The molecule has 1 aliphatic rings. The highest BCUT2D eigenvalue weighted by Gasteiger charge is 2.37. The molecule has 0 aromatic heterocycles. The van der Waals surface area contributed by atoms with E-state index < -0.39 is 36.2 Å². The highest BCUT2D eigenvalue weighted by Crippen LogP contribution is 2.23. The number of likely N-dealkylation sites (tertiary alicyclic amines) is 1. The molecule has 1 aromatic rings. The molecule has 1 saturated heterocycles. The van der Waals surface area contributed by atoms with Crippen LogP contribution in [0.3, 0.4) is 0 Å². The number of ether oxygens (including phenoxy) is 2. The molecule has 8 heteroatoms. The predicted octanol–water partition coefficient (Wildman–Crippen LogP) is 3.53. The van der Waals surface area contributed by atoms with E-state index in [0.29, 0.717) is 30.1 Å². The zero-order chi connectivity index (χ0) is 20.2. The van der Waals surface area contributed by atoms with Gasteiger partial charge in [0, 0.05) is 17.3 Å². The van der Waals surface area contributed by atoms with Gasteiger partial charge in [0.05, 0.1) is 0 Å². The van der Waals surface area contributed by atoms with Crippen molar-refractivity contribution in [1.82, 2.24) is 4.90 Å². The summed E-state index contributed by atoms with van der Waals surface area (Å²) in [6, 6.07) is 4.41. The van der Waals surface area contributed by atoms with Crippen LogP contribution in [0.5, 0.6) is 0 Å². The number of hydrogen-bond acceptors (Lipinski definition) is 5. The summed E-state index contributed by atoms with van der Waals surface area (Å²) in [5.74, 6) is -1.09. The van der Waals surface area contributed by atoms with Crippen LogP contribution < -0.4 is 5.32 Å². The monoisotopic (exact) mass is 396 g/mol. The molecule has 2 amide bonds. The molecule has 148 valence electrons. The van der Waals surface area contributed by atoms with Gasteiger partial charge in [-0.05, 0) is 58.2 Å². The van der Waals surface area contributed by atoms with Crippen molar-refractivity contribution < 1.29 is 23.9 Å². The van der Waals surface area contributed by atoms with E-state index in [-0.39, 0.29) is 0 Å². The van der Waals surface area contributed by atoms with Gasteiger partial charge in [-0.25, -0.2) is 9.59 Å². The Balaban J connectivity index is 1.89. The summed E-state index contributed by atoms with van der Waals surface area (Å²) in [4.78, 5) is 38.0. The topological polar surface area (TPSA) is 84.9 Å². The lowest BCUT2D eigenvalue weighted by Gasteiger charge is -2.27. The summed E-state index contributed by atoms with van der Waals surface area (Å²) in [6.45, 7) is 7.04. The molecule has 0 saturated carbocycles. The van der Waals surface area contributed by atoms with Crippen molar-refractivity contribution in [3.63, 3.8) is 0 Å². The number of benzene rings is 1. The fourth-order valence-electron chi connectivity index (χ4n) is 2.71. The number of carbonyl (C=O) groups is 3. The van der Waals surface area contributed by atoms with Crippen LogP contribution in [0.1, 0.15) is 39.2 Å². The highest BCUT2D eigenvalue weighted by molar-refractivity contribution is 6.31. The third-order valence-corrected chi connectivity index (χ3v) is 4.45. The molecule has 1 aromatic carbocycles. The zero-order valence-corrected chi connectivity index (χ0v) is 16.8. The number of nitrogens with one attached hydrogen (secondary N) is 1. The van der Waals surface area contributed by atoms with Crippen LogP contribution in [0.4, 0.5) is 10.5 Å². The second kappa shape index (κ2) is 8.61. The van der Waals surface area contributed by atoms with Crippen molar-refractivity contribution in [2.45, 2.75) is 52.2 Å². The lowest BCUT2D eigenvalue weighted by atomic mass is 10.2. The van der Waals surface area contributed by atoms with Crippen molar-refractivity contribution in [2.24, 2.45) is 0 Å². The maximum atomic E-state index is 12.3. The number of rotatable bonds is 4. The average molecular weight is 397 g/mol. The fraction of sp³-hybridized carbons (Fsp3) is 0.526. The van der Waals surface area contributed by atoms with Crippen LogP contribution in [0.15, 0.2) is 18.2 Å². The molecule has 1 aliphatic heterocycles. The molecule has 27 heavy (non-hydrogen) atoms. The Bertz CT molecular complexity index is 729. The van der Waals surface area contributed by atoms with Crippen molar-refractivity contribution in [1.29, 1.82) is 0 Å². The van der Waals surface area contributed by atoms with Crippen LogP contribution >= 0.6 is 11.6 Å².